The minimum atomic E-state index is -0.445. The molecule has 3 nitrogen and oxygen atoms in total. The third-order valence-corrected chi connectivity index (χ3v) is 2.61. The van der Waals surface area contributed by atoms with Crippen LogP contribution in [0.15, 0.2) is 24.8 Å². The number of nitro groups is 1. The Bertz CT molecular complexity index is 392. The van der Waals surface area contributed by atoms with E-state index in [0.29, 0.717) is 21.5 Å². The van der Waals surface area contributed by atoms with Crippen LogP contribution in [0.2, 0.25) is 5.02 Å². The molecule has 0 saturated carbocycles. The Hall–Kier alpha value is -0.870. The molecule has 0 aliphatic carbocycles. The lowest BCUT2D eigenvalue weighted by molar-refractivity contribution is -0.385. The van der Waals surface area contributed by atoms with Crippen molar-refractivity contribution in [3.63, 3.8) is 0 Å². The molecule has 0 unspecified atom stereocenters. The molecule has 0 heterocycles. The van der Waals surface area contributed by atoms with Gasteiger partial charge in [0.25, 0.3) is 5.69 Å². The second-order valence-electron chi connectivity index (χ2n) is 2.66. The molecule has 0 aliphatic rings. The van der Waals surface area contributed by atoms with Gasteiger partial charge in [0, 0.05) is 16.4 Å². The summed E-state index contributed by atoms with van der Waals surface area (Å²) >= 11 is 8.94. The second-order valence-corrected chi connectivity index (χ2v) is 3.65. The second kappa shape index (κ2) is 4.57. The van der Waals surface area contributed by atoms with E-state index in [1.807, 2.05) is 0 Å². The largest absolute Gasteiger partial charge is 0.276 e. The molecule has 1 aromatic carbocycles. The number of nitrogens with zero attached hydrogens (tertiary/aromatic N) is 1. The number of hydrogen-bond donors (Lipinski definition) is 0. The topological polar surface area (TPSA) is 43.1 Å². The first-order valence-corrected chi connectivity index (χ1v) is 5.24. The molecule has 0 aromatic heterocycles. The summed E-state index contributed by atoms with van der Waals surface area (Å²) in [5.74, 6) is 0. The van der Waals surface area contributed by atoms with Gasteiger partial charge in [-0.25, -0.2) is 0 Å². The molecule has 14 heavy (non-hydrogen) atoms. The van der Waals surface area contributed by atoms with Crippen LogP contribution in [0.4, 0.5) is 5.69 Å². The molecule has 5 heteroatoms. The van der Waals surface area contributed by atoms with E-state index >= 15 is 0 Å². The summed E-state index contributed by atoms with van der Waals surface area (Å²) in [5.41, 5.74) is 1.14. The first-order chi connectivity index (χ1) is 6.56. The van der Waals surface area contributed by atoms with Crippen LogP contribution in [-0.2, 0) is 0 Å². The maximum absolute atomic E-state index is 10.7. The van der Waals surface area contributed by atoms with Gasteiger partial charge in [-0.1, -0.05) is 34.1 Å². The van der Waals surface area contributed by atoms with Gasteiger partial charge in [0.05, 0.1) is 10.5 Å². The third-order valence-electron chi connectivity index (χ3n) is 1.70. The van der Waals surface area contributed by atoms with Crippen LogP contribution in [0.5, 0.6) is 0 Å². The summed E-state index contributed by atoms with van der Waals surface area (Å²) in [4.78, 5) is 10.2. The summed E-state index contributed by atoms with van der Waals surface area (Å²) in [6, 6.07) is 4.42. The van der Waals surface area contributed by atoms with E-state index in [0.717, 1.165) is 0 Å². The summed E-state index contributed by atoms with van der Waals surface area (Å²) in [7, 11) is 0. The van der Waals surface area contributed by atoms with Crippen molar-refractivity contribution in [3.05, 3.63) is 45.5 Å². The van der Waals surface area contributed by atoms with Gasteiger partial charge in [-0.05, 0) is 17.7 Å². The fraction of sp³-hybridized carbons (Fsp3) is 0.111. The monoisotopic (exact) mass is 275 g/mol. The summed E-state index contributed by atoms with van der Waals surface area (Å²) in [5, 5.41) is 11.6. The Morgan fingerprint density at radius 3 is 2.79 bits per heavy atom. The number of allylic oxidation sites excluding steroid dienone is 1. The van der Waals surface area contributed by atoms with Gasteiger partial charge in [0.15, 0.2) is 0 Å². The lowest BCUT2D eigenvalue weighted by Gasteiger charge is -2.03. The van der Waals surface area contributed by atoms with Crippen molar-refractivity contribution in [3.8, 4) is 0 Å². The number of benzene rings is 1. The zero-order chi connectivity index (χ0) is 10.7. The Balaban J connectivity index is 3.29. The molecule has 0 N–H and O–H groups in total. The maximum Gasteiger partial charge on any atom is 0.276 e. The first kappa shape index (κ1) is 11.2. The minimum Gasteiger partial charge on any atom is -0.258 e. The quantitative estimate of drug-likeness (QED) is 0.480. The molecule has 0 atom stereocenters. The van der Waals surface area contributed by atoms with E-state index in [1.165, 1.54) is 12.1 Å². The van der Waals surface area contributed by atoms with Gasteiger partial charge in [0.2, 0.25) is 0 Å². The predicted molar refractivity (Wildman–Crippen MR) is 60.9 cm³/mol. The van der Waals surface area contributed by atoms with Gasteiger partial charge < -0.3 is 0 Å². The van der Waals surface area contributed by atoms with E-state index in [9.17, 15) is 10.1 Å². The maximum atomic E-state index is 10.7. The predicted octanol–water partition coefficient (Wildman–Crippen LogP) is 3.66. The number of halogens is 2. The Morgan fingerprint density at radius 1 is 1.64 bits per heavy atom. The summed E-state index contributed by atoms with van der Waals surface area (Å²) in [6.07, 6.45) is 0. The van der Waals surface area contributed by atoms with Crippen LogP contribution < -0.4 is 0 Å². The normalized spacial score (nSPS) is 9.86. The van der Waals surface area contributed by atoms with E-state index in [1.54, 1.807) is 6.07 Å². The smallest absolute Gasteiger partial charge is 0.258 e. The van der Waals surface area contributed by atoms with Gasteiger partial charge in [0.1, 0.15) is 0 Å². The molecule has 1 aromatic rings. The van der Waals surface area contributed by atoms with Crippen LogP contribution in [0, 0.1) is 10.1 Å². The molecular weight excluding hydrogens is 269 g/mol. The highest BCUT2D eigenvalue weighted by atomic mass is 79.9. The highest BCUT2D eigenvalue weighted by Gasteiger charge is 2.15. The molecule has 0 fully saturated rings. The highest BCUT2D eigenvalue weighted by molar-refractivity contribution is 9.09. The summed E-state index contributed by atoms with van der Waals surface area (Å²) in [6.45, 7) is 3.72. The molecular formula is C9H7BrClNO2. The van der Waals surface area contributed by atoms with Crippen molar-refractivity contribution in [2.75, 3.05) is 5.33 Å². The fourth-order valence-corrected chi connectivity index (χ4v) is 1.50. The van der Waals surface area contributed by atoms with Gasteiger partial charge >= 0.3 is 0 Å². The van der Waals surface area contributed by atoms with Crippen molar-refractivity contribution in [1.29, 1.82) is 0 Å². The van der Waals surface area contributed by atoms with Crippen LogP contribution in [0.25, 0.3) is 5.57 Å². The first-order valence-electron chi connectivity index (χ1n) is 3.74. The summed E-state index contributed by atoms with van der Waals surface area (Å²) < 4.78 is 0. The average molecular weight is 277 g/mol. The molecule has 0 spiro atoms. The van der Waals surface area contributed by atoms with Crippen LogP contribution in [-0.4, -0.2) is 10.3 Å². The fourth-order valence-electron chi connectivity index (χ4n) is 1.02. The SMILES string of the molecule is C=C(CBr)c1cc(Cl)ccc1[N+](=O)[O-]. The highest BCUT2D eigenvalue weighted by Crippen LogP contribution is 2.28. The van der Waals surface area contributed by atoms with Crippen molar-refractivity contribution in [1.82, 2.24) is 0 Å². The molecule has 0 radical (unpaired) electrons. The lowest BCUT2D eigenvalue weighted by Crippen LogP contribution is -1.95. The van der Waals surface area contributed by atoms with Crippen molar-refractivity contribution in [2.24, 2.45) is 0 Å². The molecule has 0 aliphatic heterocycles. The zero-order valence-corrected chi connectivity index (χ0v) is 9.51. The number of nitro benzene ring substituents is 1. The molecule has 0 amide bonds. The van der Waals surface area contributed by atoms with Crippen molar-refractivity contribution in [2.45, 2.75) is 0 Å². The molecule has 74 valence electrons. The average Bonchev–Trinajstić information content (AvgIpc) is 2.16. The standard InChI is InChI=1S/C9H7BrClNO2/c1-6(5-10)8-4-7(11)2-3-9(8)12(13)14/h2-4H,1,5H2. The van der Waals surface area contributed by atoms with Gasteiger partial charge in [-0.15, -0.1) is 0 Å². The molecule has 0 saturated heterocycles. The lowest BCUT2D eigenvalue weighted by atomic mass is 10.1. The van der Waals surface area contributed by atoms with Gasteiger partial charge in [-0.3, -0.25) is 10.1 Å². The van der Waals surface area contributed by atoms with Crippen LogP contribution in [0.1, 0.15) is 5.56 Å². The Kier molecular flexibility index (Phi) is 3.66. The van der Waals surface area contributed by atoms with Gasteiger partial charge in [-0.2, -0.15) is 0 Å². The van der Waals surface area contributed by atoms with Crippen molar-refractivity contribution >= 4 is 38.8 Å². The van der Waals surface area contributed by atoms with Crippen LogP contribution >= 0.6 is 27.5 Å². The third kappa shape index (κ3) is 2.33. The Labute approximate surface area is 94.7 Å². The van der Waals surface area contributed by atoms with E-state index in [-0.39, 0.29) is 5.69 Å². The zero-order valence-electron chi connectivity index (χ0n) is 7.17. The number of rotatable bonds is 3. The minimum absolute atomic E-state index is 0.0267. The van der Waals surface area contributed by atoms with E-state index < -0.39 is 4.92 Å². The van der Waals surface area contributed by atoms with E-state index in [2.05, 4.69) is 22.5 Å². The molecule has 0 bridgehead atoms. The van der Waals surface area contributed by atoms with E-state index in [4.69, 9.17) is 11.6 Å². The number of hydrogen-bond acceptors (Lipinski definition) is 2. The number of alkyl halides is 1. The van der Waals surface area contributed by atoms with Crippen LogP contribution in [0.3, 0.4) is 0 Å². The molecule has 1 rings (SSSR count). The Morgan fingerprint density at radius 2 is 2.29 bits per heavy atom. The van der Waals surface area contributed by atoms with Crippen molar-refractivity contribution < 1.29 is 4.92 Å².